The average Bonchev–Trinajstić information content (AvgIpc) is 3.08. The molecule has 0 aliphatic heterocycles. The normalized spacial score (nSPS) is 11.1. The summed E-state index contributed by atoms with van der Waals surface area (Å²) in [6, 6.07) is 28.3. The topological polar surface area (TPSA) is 57.2 Å². The van der Waals surface area contributed by atoms with E-state index in [1.165, 1.54) is 12.1 Å². The summed E-state index contributed by atoms with van der Waals surface area (Å²) in [4.78, 5) is 12.1. The van der Waals surface area contributed by atoms with E-state index in [0.29, 0.717) is 34.1 Å². The van der Waals surface area contributed by atoms with E-state index >= 15 is 0 Å². The summed E-state index contributed by atoms with van der Waals surface area (Å²) in [5, 5.41) is 1.33. The Kier molecular flexibility index (Phi) is 4.64. The summed E-state index contributed by atoms with van der Waals surface area (Å²) < 4.78 is 22.2. The van der Waals surface area contributed by atoms with Crippen LogP contribution in [0.15, 0.2) is 84.9 Å². The number of ether oxygens (including phenoxy) is 1. The molecule has 0 fully saturated rings. The standard InChI is InChI=1S/C26H18FN2O2/c27-18-13-14-20-23(15-18)29(22-11-6-10-21(25(20)22)26(28)30)16-17-7-4-5-12-24(17)31-19-8-2-1-3-9-19/h1-13,15H,16H2,(H2,28,30). The number of para-hydroxylation sites is 2. The number of carbonyl (C=O) groups is 1. The fourth-order valence-corrected chi connectivity index (χ4v) is 3.93. The minimum absolute atomic E-state index is 0.387. The van der Waals surface area contributed by atoms with Crippen molar-refractivity contribution >= 4 is 27.7 Å². The molecule has 1 aromatic heterocycles. The van der Waals surface area contributed by atoms with Gasteiger partial charge in [-0.3, -0.25) is 4.79 Å². The number of benzene rings is 4. The monoisotopic (exact) mass is 409 g/mol. The highest BCUT2D eigenvalue weighted by Crippen LogP contribution is 2.34. The van der Waals surface area contributed by atoms with Crippen molar-refractivity contribution in [3.8, 4) is 11.5 Å². The third kappa shape index (κ3) is 3.40. The van der Waals surface area contributed by atoms with Crippen LogP contribution in [0, 0.1) is 11.9 Å². The van der Waals surface area contributed by atoms with Gasteiger partial charge in [0.1, 0.15) is 17.3 Å². The quantitative estimate of drug-likeness (QED) is 0.406. The number of nitrogens with zero attached hydrogens (tertiary/aromatic N) is 1. The van der Waals surface area contributed by atoms with Crippen LogP contribution < -0.4 is 10.5 Å². The van der Waals surface area contributed by atoms with Crippen molar-refractivity contribution in [1.82, 2.24) is 4.57 Å². The Balaban J connectivity index is 1.69. The number of aromatic nitrogens is 1. The number of hydrogen-bond donors (Lipinski definition) is 1. The molecule has 0 spiro atoms. The lowest BCUT2D eigenvalue weighted by Crippen LogP contribution is -2.11. The number of nitrogens with two attached hydrogens (primary N) is 1. The van der Waals surface area contributed by atoms with Gasteiger partial charge in [-0.05, 0) is 48.5 Å². The molecule has 0 bridgehead atoms. The maximum Gasteiger partial charge on any atom is 0.249 e. The molecule has 0 saturated carbocycles. The highest BCUT2D eigenvalue weighted by atomic mass is 19.1. The Morgan fingerprint density at radius 3 is 2.55 bits per heavy atom. The van der Waals surface area contributed by atoms with Crippen molar-refractivity contribution in [3.63, 3.8) is 0 Å². The molecule has 0 aliphatic carbocycles. The van der Waals surface area contributed by atoms with Gasteiger partial charge in [-0.25, -0.2) is 4.39 Å². The summed E-state index contributed by atoms with van der Waals surface area (Å²) in [6.07, 6.45) is 0. The summed E-state index contributed by atoms with van der Waals surface area (Å²) >= 11 is 0. The van der Waals surface area contributed by atoms with Crippen LogP contribution >= 0.6 is 0 Å². The van der Waals surface area contributed by atoms with Gasteiger partial charge >= 0.3 is 0 Å². The molecule has 5 rings (SSSR count). The molecule has 151 valence electrons. The highest BCUT2D eigenvalue weighted by molar-refractivity contribution is 6.17. The predicted octanol–water partition coefficient (Wildman–Crippen LogP) is 5.67. The summed E-state index contributed by atoms with van der Waals surface area (Å²) in [7, 11) is 0. The molecule has 0 saturated heterocycles. The van der Waals surface area contributed by atoms with E-state index in [4.69, 9.17) is 10.5 Å². The van der Waals surface area contributed by atoms with Crippen LogP contribution in [0.5, 0.6) is 11.5 Å². The molecule has 4 aromatic carbocycles. The van der Waals surface area contributed by atoms with Crippen molar-refractivity contribution in [2.24, 2.45) is 5.73 Å². The zero-order valence-electron chi connectivity index (χ0n) is 16.5. The molecular formula is C26H18FN2O2. The lowest BCUT2D eigenvalue weighted by molar-refractivity contribution is 0.100. The van der Waals surface area contributed by atoms with Gasteiger partial charge in [0, 0.05) is 21.9 Å². The number of carbonyl (C=O) groups excluding carboxylic acids is 1. The van der Waals surface area contributed by atoms with E-state index in [0.717, 1.165) is 16.8 Å². The molecule has 0 aliphatic rings. The third-order valence-electron chi connectivity index (χ3n) is 5.30. The second-order valence-corrected chi connectivity index (χ2v) is 7.25. The van der Waals surface area contributed by atoms with Crippen molar-refractivity contribution in [1.29, 1.82) is 0 Å². The van der Waals surface area contributed by atoms with Crippen LogP contribution in [0.4, 0.5) is 4.39 Å². The molecule has 5 heteroatoms. The Morgan fingerprint density at radius 1 is 0.968 bits per heavy atom. The Labute approximate surface area is 178 Å². The Hall–Kier alpha value is -4.12. The largest absolute Gasteiger partial charge is 0.457 e. The fourth-order valence-electron chi connectivity index (χ4n) is 3.93. The van der Waals surface area contributed by atoms with Crippen molar-refractivity contribution in [2.75, 3.05) is 0 Å². The lowest BCUT2D eigenvalue weighted by atomic mass is 10.1. The van der Waals surface area contributed by atoms with E-state index in [1.54, 1.807) is 12.1 Å². The summed E-state index contributed by atoms with van der Waals surface area (Å²) in [5.74, 6) is 0.504. The maximum atomic E-state index is 14.1. The number of primary amides is 1. The summed E-state index contributed by atoms with van der Waals surface area (Å²) in [5.41, 5.74) is 8.34. The van der Waals surface area contributed by atoms with Crippen LogP contribution in [-0.2, 0) is 6.54 Å². The van der Waals surface area contributed by atoms with Gasteiger partial charge in [0.15, 0.2) is 0 Å². The van der Waals surface area contributed by atoms with Gasteiger partial charge in [-0.2, -0.15) is 0 Å². The zero-order valence-corrected chi connectivity index (χ0v) is 16.5. The van der Waals surface area contributed by atoms with Crippen LogP contribution in [0.1, 0.15) is 15.9 Å². The minimum Gasteiger partial charge on any atom is -0.457 e. The maximum absolute atomic E-state index is 14.1. The molecule has 1 heterocycles. The van der Waals surface area contributed by atoms with Gasteiger partial charge in [-0.15, -0.1) is 0 Å². The fraction of sp³-hybridized carbons (Fsp3) is 0.0385. The van der Waals surface area contributed by atoms with E-state index in [1.807, 2.05) is 65.2 Å². The molecular weight excluding hydrogens is 391 g/mol. The van der Waals surface area contributed by atoms with Gasteiger partial charge in [0.2, 0.25) is 5.91 Å². The van der Waals surface area contributed by atoms with Crippen LogP contribution in [0.25, 0.3) is 21.8 Å². The zero-order chi connectivity index (χ0) is 21.4. The Bertz CT molecular complexity index is 1420. The number of hydrogen-bond acceptors (Lipinski definition) is 2. The van der Waals surface area contributed by atoms with E-state index < -0.39 is 11.7 Å². The molecule has 31 heavy (non-hydrogen) atoms. The Morgan fingerprint density at radius 2 is 1.74 bits per heavy atom. The molecule has 4 nitrogen and oxygen atoms in total. The lowest BCUT2D eigenvalue weighted by Gasteiger charge is -2.13. The SMILES string of the molecule is NC(=O)c1cccc2c1c1[c]cc(F)cc1n2Cc1ccccc1Oc1ccccc1. The number of fused-ring (bicyclic) bond motifs is 3. The van der Waals surface area contributed by atoms with Crippen LogP contribution in [0.2, 0.25) is 0 Å². The molecule has 1 radical (unpaired) electrons. The number of amides is 1. The van der Waals surface area contributed by atoms with E-state index in [9.17, 15) is 9.18 Å². The predicted molar refractivity (Wildman–Crippen MR) is 119 cm³/mol. The van der Waals surface area contributed by atoms with Crippen molar-refractivity contribution in [2.45, 2.75) is 6.54 Å². The van der Waals surface area contributed by atoms with E-state index in [-0.39, 0.29) is 0 Å². The molecule has 5 aromatic rings. The first-order valence-corrected chi connectivity index (χ1v) is 9.84. The number of halogens is 1. The van der Waals surface area contributed by atoms with Crippen molar-refractivity contribution < 1.29 is 13.9 Å². The smallest absolute Gasteiger partial charge is 0.249 e. The van der Waals surface area contributed by atoms with E-state index in [2.05, 4.69) is 6.07 Å². The third-order valence-corrected chi connectivity index (χ3v) is 5.30. The van der Waals surface area contributed by atoms with Gasteiger partial charge < -0.3 is 15.0 Å². The number of rotatable bonds is 5. The first kappa shape index (κ1) is 18.9. The summed E-state index contributed by atoms with van der Waals surface area (Å²) in [6.45, 7) is 0.419. The second-order valence-electron chi connectivity index (χ2n) is 7.25. The van der Waals surface area contributed by atoms with Crippen LogP contribution in [0.3, 0.4) is 0 Å². The highest BCUT2D eigenvalue weighted by Gasteiger charge is 2.18. The first-order valence-electron chi connectivity index (χ1n) is 9.84. The molecule has 0 unspecified atom stereocenters. The second kappa shape index (κ2) is 7.61. The van der Waals surface area contributed by atoms with Gasteiger partial charge in [-0.1, -0.05) is 42.5 Å². The molecule has 0 atom stereocenters. The molecule has 1 amide bonds. The minimum atomic E-state index is -0.532. The van der Waals surface area contributed by atoms with Gasteiger partial charge in [0.25, 0.3) is 0 Å². The van der Waals surface area contributed by atoms with Gasteiger partial charge in [0.05, 0.1) is 17.6 Å². The average molecular weight is 409 g/mol. The van der Waals surface area contributed by atoms with Crippen LogP contribution in [-0.4, -0.2) is 10.5 Å². The molecule has 2 N–H and O–H groups in total. The van der Waals surface area contributed by atoms with Crippen molar-refractivity contribution in [3.05, 3.63) is 108 Å². The first-order chi connectivity index (χ1) is 15.1.